The summed E-state index contributed by atoms with van der Waals surface area (Å²) in [5, 5.41) is 4.85. The number of aliphatic imine (C=N–C) groups is 1. The van der Waals surface area contributed by atoms with E-state index in [2.05, 4.69) is 221 Å². The van der Waals surface area contributed by atoms with Gasteiger partial charge >= 0.3 is 0 Å². The fourth-order valence-electron chi connectivity index (χ4n) is 8.70. The zero-order valence-corrected chi connectivity index (χ0v) is 35.6. The quantitative estimate of drug-likeness (QED) is 0.115. The van der Waals surface area contributed by atoms with Crippen molar-refractivity contribution in [1.82, 2.24) is 9.97 Å². The van der Waals surface area contributed by atoms with Crippen LogP contribution in [-0.4, -0.2) is 15.7 Å². The van der Waals surface area contributed by atoms with Gasteiger partial charge in [0.05, 0.1) is 22.8 Å². The van der Waals surface area contributed by atoms with E-state index >= 15 is 0 Å². The molecule has 0 aliphatic rings. The first-order valence-corrected chi connectivity index (χ1v) is 21.6. The summed E-state index contributed by atoms with van der Waals surface area (Å²) in [6, 6.07) is 70.7. The minimum atomic E-state index is -0.181. The smallest absolute Gasteiger partial charge is 0.160 e. The van der Waals surface area contributed by atoms with E-state index in [1.807, 2.05) is 12.1 Å². The van der Waals surface area contributed by atoms with Crippen LogP contribution in [0.4, 0.5) is 0 Å². The zero-order chi connectivity index (χ0) is 42.5. The summed E-state index contributed by atoms with van der Waals surface area (Å²) in [7, 11) is 0. The monoisotopic (exact) mass is 799 g/mol. The number of benzene rings is 8. The molecule has 0 aliphatic carbocycles. The van der Waals surface area contributed by atoms with Gasteiger partial charge < -0.3 is 0 Å². The number of nitrogens with zero attached hydrogens (tertiary/aromatic N) is 3. The molecule has 0 saturated carbocycles. The normalized spacial score (nSPS) is 12.2. The molecule has 0 saturated heterocycles. The highest BCUT2D eigenvalue weighted by atomic mass is 14.9. The van der Waals surface area contributed by atoms with Crippen LogP contribution in [0, 0.1) is 0 Å². The van der Waals surface area contributed by atoms with Gasteiger partial charge in [-0.1, -0.05) is 202 Å². The SMILES string of the molecule is C=C(/N=C(\C=C(/C)c1ccc2ccccc2c1)c1ccccc1)c1ccc(C(CC)(CC)c2ccc(-c3nc(-c4ccccc4)cc(-c4ccc5ccccc5c4)n3)cc2)cc1. The number of hydrogen-bond acceptors (Lipinski definition) is 3. The van der Waals surface area contributed by atoms with Crippen molar-refractivity contribution in [2.75, 3.05) is 0 Å². The molecule has 0 bridgehead atoms. The Morgan fingerprint density at radius 1 is 0.484 bits per heavy atom. The third-order valence-electron chi connectivity index (χ3n) is 12.4. The highest BCUT2D eigenvalue weighted by molar-refractivity contribution is 6.14. The molecular formula is C59H49N3. The van der Waals surface area contributed by atoms with Gasteiger partial charge in [-0.3, -0.25) is 0 Å². The Morgan fingerprint density at radius 3 is 1.61 bits per heavy atom. The van der Waals surface area contributed by atoms with E-state index in [0.717, 1.165) is 69.0 Å². The second kappa shape index (κ2) is 17.6. The maximum absolute atomic E-state index is 5.17. The lowest BCUT2D eigenvalue weighted by atomic mass is 9.70. The van der Waals surface area contributed by atoms with Gasteiger partial charge in [-0.05, 0) is 93.4 Å². The van der Waals surface area contributed by atoms with Crippen molar-refractivity contribution in [2.24, 2.45) is 4.99 Å². The van der Waals surface area contributed by atoms with Crippen LogP contribution in [0.5, 0.6) is 0 Å². The van der Waals surface area contributed by atoms with E-state index in [4.69, 9.17) is 15.0 Å². The Kier molecular flexibility index (Phi) is 11.4. The highest BCUT2D eigenvalue weighted by Gasteiger charge is 2.31. The molecule has 1 aromatic heterocycles. The summed E-state index contributed by atoms with van der Waals surface area (Å²) in [6.45, 7) is 11.2. The average Bonchev–Trinajstić information content (AvgIpc) is 3.34. The van der Waals surface area contributed by atoms with Gasteiger partial charge in [0.15, 0.2) is 5.82 Å². The van der Waals surface area contributed by atoms with Gasteiger partial charge in [0.25, 0.3) is 0 Å². The van der Waals surface area contributed by atoms with E-state index in [1.54, 1.807) is 0 Å². The molecule has 0 aliphatic heterocycles. The third-order valence-corrected chi connectivity index (χ3v) is 12.4. The second-order valence-corrected chi connectivity index (χ2v) is 16.0. The lowest BCUT2D eigenvalue weighted by molar-refractivity contribution is 0.478. The van der Waals surface area contributed by atoms with E-state index < -0.39 is 0 Å². The molecule has 3 heteroatoms. The fraction of sp³-hybridized carbons (Fsp3) is 0.102. The molecule has 0 atom stereocenters. The lowest BCUT2D eigenvalue weighted by Crippen LogP contribution is -2.26. The summed E-state index contributed by atoms with van der Waals surface area (Å²) in [4.78, 5) is 15.5. The van der Waals surface area contributed by atoms with Crippen LogP contribution in [-0.2, 0) is 5.41 Å². The van der Waals surface area contributed by atoms with E-state index in [1.165, 1.54) is 38.2 Å². The van der Waals surface area contributed by atoms with Crippen molar-refractivity contribution >= 4 is 38.5 Å². The third kappa shape index (κ3) is 8.18. The maximum atomic E-state index is 5.17. The highest BCUT2D eigenvalue weighted by Crippen LogP contribution is 2.40. The molecule has 1 heterocycles. The minimum Gasteiger partial charge on any atom is -0.248 e. The van der Waals surface area contributed by atoms with Crippen LogP contribution in [0.25, 0.3) is 66.7 Å². The Morgan fingerprint density at radius 2 is 0.984 bits per heavy atom. The number of allylic oxidation sites excluding steroid dienone is 2. The van der Waals surface area contributed by atoms with Gasteiger partial charge in [-0.2, -0.15) is 0 Å². The maximum Gasteiger partial charge on any atom is 0.160 e. The molecule has 0 unspecified atom stereocenters. The van der Waals surface area contributed by atoms with Crippen molar-refractivity contribution in [3.8, 4) is 33.9 Å². The summed E-state index contributed by atoms with van der Waals surface area (Å²) in [5.74, 6) is 0.709. The molecule has 300 valence electrons. The van der Waals surface area contributed by atoms with Crippen LogP contribution in [0.2, 0.25) is 0 Å². The summed E-state index contributed by atoms with van der Waals surface area (Å²) in [5.41, 5.74) is 13.2. The molecule has 0 N–H and O–H groups in total. The van der Waals surface area contributed by atoms with E-state index in [9.17, 15) is 0 Å². The number of hydrogen-bond donors (Lipinski definition) is 0. The first-order chi connectivity index (χ1) is 30.4. The van der Waals surface area contributed by atoms with Gasteiger partial charge in [-0.25, -0.2) is 15.0 Å². The van der Waals surface area contributed by atoms with Gasteiger partial charge in [0, 0.05) is 27.7 Å². The van der Waals surface area contributed by atoms with Crippen LogP contribution in [0.15, 0.2) is 218 Å². The molecule has 9 rings (SSSR count). The van der Waals surface area contributed by atoms with Crippen molar-refractivity contribution in [1.29, 1.82) is 0 Å². The molecule has 62 heavy (non-hydrogen) atoms. The number of aromatic nitrogens is 2. The Balaban J connectivity index is 1.01. The van der Waals surface area contributed by atoms with Crippen LogP contribution >= 0.6 is 0 Å². The fourth-order valence-corrected chi connectivity index (χ4v) is 8.70. The topological polar surface area (TPSA) is 38.1 Å². The summed E-state index contributed by atoms with van der Waals surface area (Å²) in [6.07, 6.45) is 4.07. The predicted molar refractivity (Wildman–Crippen MR) is 263 cm³/mol. The van der Waals surface area contributed by atoms with Gasteiger partial charge in [0.2, 0.25) is 0 Å². The molecular weight excluding hydrogens is 751 g/mol. The molecule has 0 radical (unpaired) electrons. The Bertz CT molecular complexity index is 3080. The first-order valence-electron chi connectivity index (χ1n) is 21.6. The largest absolute Gasteiger partial charge is 0.248 e. The second-order valence-electron chi connectivity index (χ2n) is 16.0. The molecule has 8 aromatic carbocycles. The zero-order valence-electron chi connectivity index (χ0n) is 35.6. The van der Waals surface area contributed by atoms with Crippen molar-refractivity contribution in [3.63, 3.8) is 0 Å². The molecule has 0 amide bonds. The summed E-state index contributed by atoms with van der Waals surface area (Å²) >= 11 is 0. The molecule has 3 nitrogen and oxygen atoms in total. The number of rotatable bonds is 12. The molecule has 0 spiro atoms. The van der Waals surface area contributed by atoms with E-state index in [-0.39, 0.29) is 5.41 Å². The Hall–Kier alpha value is -7.49. The minimum absolute atomic E-state index is 0.181. The molecule has 0 fully saturated rings. The van der Waals surface area contributed by atoms with Gasteiger partial charge in [-0.15, -0.1) is 0 Å². The van der Waals surface area contributed by atoms with Crippen LogP contribution < -0.4 is 0 Å². The first kappa shape index (κ1) is 39.9. The number of fused-ring (bicyclic) bond motifs is 2. The lowest BCUT2D eigenvalue weighted by Gasteiger charge is -2.33. The standard InChI is InChI=1S/C59H49N3/c1-5-59(6-2,53-33-29-43(30-34-53)42(4)60-55(46-19-9-7-10-20-46)37-41(3)49-27-25-44-17-13-15-23-50(44)38-49)54-35-31-48(32-36-54)58-61-56(47-21-11-8-12-22-47)40-57(62-58)52-28-26-45-18-14-16-24-51(45)39-52/h7-40H,4-6H2,1-3H3/b41-37+,60-55+. The predicted octanol–water partition coefficient (Wildman–Crippen LogP) is 15.5. The van der Waals surface area contributed by atoms with Crippen molar-refractivity contribution < 1.29 is 0 Å². The van der Waals surface area contributed by atoms with Gasteiger partial charge in [0.1, 0.15) is 0 Å². The Labute approximate surface area is 365 Å². The van der Waals surface area contributed by atoms with E-state index in [0.29, 0.717) is 5.82 Å². The van der Waals surface area contributed by atoms with Crippen molar-refractivity contribution in [2.45, 2.75) is 39.0 Å². The average molecular weight is 800 g/mol. The summed E-state index contributed by atoms with van der Waals surface area (Å²) < 4.78 is 0. The van der Waals surface area contributed by atoms with Crippen LogP contribution in [0.3, 0.4) is 0 Å². The van der Waals surface area contributed by atoms with Crippen molar-refractivity contribution in [3.05, 3.63) is 241 Å². The van der Waals surface area contributed by atoms with Crippen LogP contribution in [0.1, 0.15) is 61.4 Å². The molecule has 9 aromatic rings.